The number of hydrogen-bond donors (Lipinski definition) is 2. The van der Waals surface area contributed by atoms with Crippen LogP contribution >= 0.6 is 23.5 Å². The summed E-state index contributed by atoms with van der Waals surface area (Å²) in [5, 5.41) is 0. The number of hydrogen-bond acceptors (Lipinski definition) is 6. The summed E-state index contributed by atoms with van der Waals surface area (Å²) in [7, 11) is -1.50. The van der Waals surface area contributed by atoms with Gasteiger partial charge in [0.15, 0.2) is 0 Å². The fourth-order valence-electron chi connectivity index (χ4n) is 4.32. The Bertz CT molecular complexity index is 1710. The minimum absolute atomic E-state index is 0.0677. The van der Waals surface area contributed by atoms with Gasteiger partial charge in [-0.05, 0) is 47.0 Å². The first-order chi connectivity index (χ1) is 19.8. The van der Waals surface area contributed by atoms with Crippen molar-refractivity contribution in [3.05, 3.63) is 104 Å². The van der Waals surface area contributed by atoms with E-state index >= 15 is 0 Å². The standard InChI is InChI=1S/C28H26BrF2N2O8P/c1-39-21-10-18(11-22(13-21)40-2)14-32-16-25(19-5-7-20(8-6-19)26(34)41-3)33(27(32)35)15-17-4-9-23(24(29)12-17)28(30,31)42(36,37)38/h4-13,16H,14-15H2,1-3H3,(H2,36,37,38). The zero-order chi connectivity index (χ0) is 30.8. The number of nitrogens with zero attached hydrogens (tertiary/aromatic N) is 2. The van der Waals surface area contributed by atoms with Gasteiger partial charge in [-0.15, -0.1) is 0 Å². The number of carbonyl (C=O) groups excluding carboxylic acids is 1. The van der Waals surface area contributed by atoms with Crippen molar-refractivity contribution in [2.24, 2.45) is 0 Å². The van der Waals surface area contributed by atoms with E-state index in [1.807, 2.05) is 0 Å². The molecule has 0 aliphatic heterocycles. The summed E-state index contributed by atoms with van der Waals surface area (Å²) in [6, 6.07) is 15.1. The molecule has 1 aromatic heterocycles. The van der Waals surface area contributed by atoms with Gasteiger partial charge in [-0.3, -0.25) is 13.7 Å². The van der Waals surface area contributed by atoms with Crippen molar-refractivity contribution in [3.63, 3.8) is 0 Å². The second kappa shape index (κ2) is 12.2. The lowest BCUT2D eigenvalue weighted by Crippen LogP contribution is -2.25. The zero-order valence-electron chi connectivity index (χ0n) is 22.6. The van der Waals surface area contributed by atoms with Gasteiger partial charge in [0.25, 0.3) is 0 Å². The first-order valence-electron chi connectivity index (χ1n) is 12.2. The van der Waals surface area contributed by atoms with E-state index in [1.165, 1.54) is 42.6 Å². The summed E-state index contributed by atoms with van der Waals surface area (Å²) in [6.45, 7) is 0.0749. The lowest BCUT2D eigenvalue weighted by Gasteiger charge is -2.19. The molecule has 0 bridgehead atoms. The molecule has 0 unspecified atom stereocenters. The highest BCUT2D eigenvalue weighted by molar-refractivity contribution is 9.10. The second-order valence-corrected chi connectivity index (χ2v) is 11.7. The van der Waals surface area contributed by atoms with Crippen molar-refractivity contribution in [1.82, 2.24) is 9.13 Å². The molecule has 222 valence electrons. The van der Waals surface area contributed by atoms with Gasteiger partial charge in [0.2, 0.25) is 0 Å². The molecule has 2 N–H and O–H groups in total. The monoisotopic (exact) mass is 666 g/mol. The lowest BCUT2D eigenvalue weighted by molar-refractivity contribution is 0.0557. The van der Waals surface area contributed by atoms with E-state index in [4.69, 9.17) is 24.0 Å². The SMILES string of the molecule is COC(=O)c1ccc(-c2cn(Cc3cc(OC)cc(OC)c3)c(=O)n2Cc2ccc(C(F)(F)P(=O)(O)O)c(Br)c2)cc1. The number of esters is 1. The Hall–Kier alpha value is -3.77. The molecule has 0 spiro atoms. The van der Waals surface area contributed by atoms with E-state index < -0.39 is 30.5 Å². The van der Waals surface area contributed by atoms with Gasteiger partial charge >= 0.3 is 24.9 Å². The topological polar surface area (TPSA) is 129 Å². The summed E-state index contributed by atoms with van der Waals surface area (Å²) < 4.78 is 58.2. The molecular weight excluding hydrogens is 641 g/mol. The van der Waals surface area contributed by atoms with E-state index in [1.54, 1.807) is 48.7 Å². The van der Waals surface area contributed by atoms with Crippen molar-refractivity contribution in [2.75, 3.05) is 21.3 Å². The van der Waals surface area contributed by atoms with Crippen LogP contribution in [0.25, 0.3) is 11.3 Å². The van der Waals surface area contributed by atoms with Crippen LogP contribution in [0, 0.1) is 0 Å². The number of aromatic nitrogens is 2. The third-order valence-electron chi connectivity index (χ3n) is 6.48. The number of rotatable bonds is 10. The zero-order valence-corrected chi connectivity index (χ0v) is 25.1. The number of benzene rings is 3. The lowest BCUT2D eigenvalue weighted by atomic mass is 10.1. The molecule has 1 heterocycles. The predicted molar refractivity (Wildman–Crippen MR) is 153 cm³/mol. The van der Waals surface area contributed by atoms with Gasteiger partial charge < -0.3 is 24.0 Å². The van der Waals surface area contributed by atoms with Crippen LogP contribution < -0.4 is 15.2 Å². The largest absolute Gasteiger partial charge is 0.497 e. The Balaban J connectivity index is 1.79. The number of alkyl halides is 2. The summed E-state index contributed by atoms with van der Waals surface area (Å²) in [4.78, 5) is 43.9. The normalized spacial score (nSPS) is 11.8. The molecular formula is C28H26BrF2N2O8P. The van der Waals surface area contributed by atoms with Crippen molar-refractivity contribution < 1.29 is 42.1 Å². The minimum atomic E-state index is -5.78. The maximum absolute atomic E-state index is 14.4. The highest BCUT2D eigenvalue weighted by atomic mass is 79.9. The van der Waals surface area contributed by atoms with E-state index in [0.29, 0.717) is 39.4 Å². The third kappa shape index (κ3) is 6.34. The number of ether oxygens (including phenoxy) is 3. The number of carbonyl (C=O) groups is 1. The van der Waals surface area contributed by atoms with Crippen LogP contribution in [0.2, 0.25) is 0 Å². The van der Waals surface area contributed by atoms with Crippen molar-refractivity contribution in [2.45, 2.75) is 18.8 Å². The predicted octanol–water partition coefficient (Wildman–Crippen LogP) is 5.21. The maximum atomic E-state index is 14.4. The Kier molecular flexibility index (Phi) is 9.07. The van der Waals surface area contributed by atoms with Gasteiger partial charge in [0.1, 0.15) is 11.5 Å². The smallest absolute Gasteiger partial charge is 0.399 e. The molecule has 10 nitrogen and oxygen atoms in total. The fourth-order valence-corrected chi connectivity index (χ4v) is 5.65. The molecule has 0 aliphatic carbocycles. The van der Waals surface area contributed by atoms with Crippen LogP contribution in [0.4, 0.5) is 8.78 Å². The Morgan fingerprint density at radius 3 is 2.07 bits per heavy atom. The summed E-state index contributed by atoms with van der Waals surface area (Å²) >= 11 is 2.99. The van der Waals surface area contributed by atoms with E-state index in [9.17, 15) is 22.9 Å². The molecule has 0 radical (unpaired) electrons. The highest BCUT2D eigenvalue weighted by Crippen LogP contribution is 2.60. The molecule has 0 amide bonds. The minimum Gasteiger partial charge on any atom is -0.497 e. The molecule has 4 rings (SSSR count). The first-order valence-corrected chi connectivity index (χ1v) is 14.6. The third-order valence-corrected chi connectivity index (χ3v) is 8.10. The van der Waals surface area contributed by atoms with Crippen LogP contribution in [0.1, 0.15) is 27.0 Å². The Morgan fingerprint density at radius 2 is 1.55 bits per heavy atom. The van der Waals surface area contributed by atoms with Crippen LogP contribution in [0.15, 0.2) is 76.1 Å². The molecule has 3 aromatic carbocycles. The summed E-state index contributed by atoms with van der Waals surface area (Å²) in [6.07, 6.45) is 1.63. The van der Waals surface area contributed by atoms with Gasteiger partial charge in [-0.25, -0.2) is 9.59 Å². The highest BCUT2D eigenvalue weighted by Gasteiger charge is 2.51. The number of methoxy groups -OCH3 is 3. The van der Waals surface area contributed by atoms with Crippen LogP contribution in [-0.2, 0) is 28.1 Å². The molecule has 0 saturated heterocycles. The van der Waals surface area contributed by atoms with Crippen LogP contribution in [0.5, 0.6) is 11.5 Å². The van der Waals surface area contributed by atoms with Crippen LogP contribution in [-0.4, -0.2) is 46.2 Å². The molecule has 0 saturated carbocycles. The molecule has 0 aliphatic rings. The molecule has 14 heteroatoms. The first kappa shape index (κ1) is 31.2. The van der Waals surface area contributed by atoms with Crippen LogP contribution in [0.3, 0.4) is 0 Å². The van der Waals surface area contributed by atoms with E-state index in [-0.39, 0.29) is 17.6 Å². The van der Waals surface area contributed by atoms with E-state index in [2.05, 4.69) is 15.9 Å². The van der Waals surface area contributed by atoms with Gasteiger partial charge in [0.05, 0.1) is 45.7 Å². The van der Waals surface area contributed by atoms with Crippen molar-refractivity contribution >= 4 is 29.5 Å². The molecule has 0 fully saturated rings. The number of halogens is 3. The Morgan fingerprint density at radius 1 is 0.929 bits per heavy atom. The Labute approximate surface area is 247 Å². The molecule has 42 heavy (non-hydrogen) atoms. The summed E-state index contributed by atoms with van der Waals surface area (Å²) in [5.74, 6) is 0.542. The summed E-state index contributed by atoms with van der Waals surface area (Å²) in [5.41, 5.74) is -3.23. The average Bonchev–Trinajstić information content (AvgIpc) is 3.25. The van der Waals surface area contributed by atoms with Gasteiger partial charge in [0, 0.05) is 22.3 Å². The fraction of sp³-hybridized carbons (Fsp3) is 0.214. The van der Waals surface area contributed by atoms with E-state index in [0.717, 1.165) is 6.07 Å². The second-order valence-electron chi connectivity index (χ2n) is 9.20. The van der Waals surface area contributed by atoms with Crippen molar-refractivity contribution in [1.29, 1.82) is 0 Å². The number of imidazole rings is 1. The average molecular weight is 667 g/mol. The molecule has 4 aromatic rings. The van der Waals surface area contributed by atoms with Gasteiger partial charge in [-0.1, -0.05) is 40.2 Å². The quantitative estimate of drug-likeness (QED) is 0.174. The molecule has 0 atom stereocenters. The van der Waals surface area contributed by atoms with Gasteiger partial charge in [-0.2, -0.15) is 8.78 Å². The maximum Gasteiger partial charge on any atom is 0.399 e. The van der Waals surface area contributed by atoms with Crippen molar-refractivity contribution in [3.8, 4) is 22.8 Å².